The first kappa shape index (κ1) is 16.1. The van der Waals surface area contributed by atoms with Gasteiger partial charge >= 0.3 is 122 Å². The molecule has 0 aromatic rings. The quantitative estimate of drug-likeness (QED) is 0.364. The van der Waals surface area contributed by atoms with Crippen molar-refractivity contribution in [2.24, 2.45) is 5.41 Å². The van der Waals surface area contributed by atoms with Crippen LogP contribution in [0.2, 0.25) is 0 Å². The van der Waals surface area contributed by atoms with E-state index < -0.39 is 0 Å². The fourth-order valence-electron chi connectivity index (χ4n) is 0.883. The molecule has 0 aliphatic rings. The Balaban J connectivity index is 4.76. The molecule has 0 amide bonds. The van der Waals surface area contributed by atoms with Crippen molar-refractivity contribution in [3.63, 3.8) is 0 Å². The molecule has 16 heavy (non-hydrogen) atoms. The van der Waals surface area contributed by atoms with Crippen molar-refractivity contribution in [2.45, 2.75) is 20.8 Å². The maximum atomic E-state index is 3.21. The van der Waals surface area contributed by atoms with Crippen LogP contribution in [0.25, 0.3) is 0 Å². The van der Waals surface area contributed by atoms with E-state index in [0.717, 1.165) is 0 Å². The average molecular weight is 552 g/mol. The van der Waals surface area contributed by atoms with Gasteiger partial charge in [-0.1, -0.05) is 0 Å². The van der Waals surface area contributed by atoms with E-state index in [1.165, 1.54) is 44.3 Å². The minimum atomic E-state index is 0.112. The van der Waals surface area contributed by atoms with E-state index in [9.17, 15) is 0 Å². The summed E-state index contributed by atoms with van der Waals surface area (Å²) in [6.07, 6.45) is 16.3. The topological polar surface area (TPSA) is 0 Å². The van der Waals surface area contributed by atoms with Crippen LogP contribution < -0.4 is 0 Å². The van der Waals surface area contributed by atoms with Crippen LogP contribution >= 0.6 is 0 Å². The van der Waals surface area contributed by atoms with Gasteiger partial charge in [-0.25, -0.2) is 0 Å². The Hall–Kier alpha value is 0.0766. The van der Waals surface area contributed by atoms with Gasteiger partial charge in [0.1, 0.15) is 0 Å². The molecule has 0 bridgehead atoms. The molecule has 0 aromatic heterocycles. The van der Waals surface area contributed by atoms with Crippen LogP contribution in [0.15, 0.2) is 36.0 Å². The fourth-order valence-corrected chi connectivity index (χ4v) is 1.49. The summed E-state index contributed by atoms with van der Waals surface area (Å²) in [5.74, 6) is 0. The first-order valence-corrected chi connectivity index (χ1v) is 8.35. The molecule has 0 N–H and O–H groups in total. The van der Waals surface area contributed by atoms with Crippen molar-refractivity contribution in [3.8, 4) is 0 Å². The molecule has 0 radical (unpaired) electrons. The van der Waals surface area contributed by atoms with Crippen LogP contribution in [0, 0.1) is 17.6 Å². The zero-order valence-corrected chi connectivity index (χ0v) is 15.7. The Labute approximate surface area is 121 Å². The molecule has 2 heteroatoms. The van der Waals surface area contributed by atoms with Gasteiger partial charge in [0.25, 0.3) is 0 Å². The van der Waals surface area contributed by atoms with Crippen molar-refractivity contribution < 1.29 is 38.7 Å². The number of rotatable bonds is 5. The van der Waals surface area contributed by atoms with Gasteiger partial charge < -0.3 is 0 Å². The van der Waals surface area contributed by atoms with E-state index in [1.54, 1.807) is 0 Å². The number of hydrogen-bond donors (Lipinski definition) is 0. The molecule has 0 nitrogen and oxygen atoms in total. The Bertz CT molecular complexity index is 336. The van der Waals surface area contributed by atoms with Gasteiger partial charge in [-0.2, -0.15) is 0 Å². The summed E-state index contributed by atoms with van der Waals surface area (Å²) in [5.41, 5.74) is 1.28. The van der Waals surface area contributed by atoms with Crippen LogP contribution in [0.3, 0.4) is 0 Å². The Morgan fingerprint density at radius 2 is 1.62 bits per heavy atom. The second-order valence-corrected chi connectivity index (χ2v) is 6.07. The second-order valence-electron chi connectivity index (χ2n) is 4.12. The third-order valence-corrected chi connectivity index (χ3v) is 2.85. The number of allylic oxidation sites excluding steroid dienone is 8. The predicted octanol–water partition coefficient (Wildman–Crippen LogP) is 2.93. The minimum absolute atomic E-state index is 0.112. The average Bonchev–Trinajstić information content (AvgIpc) is 2.20. The van der Waals surface area contributed by atoms with Crippen molar-refractivity contribution in [1.29, 1.82) is 0 Å². The van der Waals surface area contributed by atoms with Crippen molar-refractivity contribution in [3.05, 3.63) is 48.1 Å². The third kappa shape index (κ3) is 8.25. The molecule has 0 heterocycles. The van der Waals surface area contributed by atoms with Gasteiger partial charge in [0.05, 0.1) is 0 Å². The molecular formula is C14H16W2-2. The molecule has 0 atom stereocenters. The van der Waals surface area contributed by atoms with Gasteiger partial charge in [-0.15, -0.1) is 0 Å². The van der Waals surface area contributed by atoms with Crippen LogP contribution in [-0.2, 0) is 38.7 Å². The molecule has 0 spiro atoms. The molecule has 0 rings (SSSR count). The molecule has 0 saturated carbocycles. The van der Waals surface area contributed by atoms with Crippen molar-refractivity contribution >= 4 is 8.80 Å². The summed E-state index contributed by atoms with van der Waals surface area (Å²) in [7, 11) is 0. The van der Waals surface area contributed by atoms with Crippen LogP contribution in [0.4, 0.5) is 0 Å². The first-order valence-electron chi connectivity index (χ1n) is 4.97. The second kappa shape index (κ2) is 9.14. The Kier molecular flexibility index (Phi) is 9.19. The van der Waals surface area contributed by atoms with E-state index in [4.69, 9.17) is 0 Å². The molecule has 0 aromatic carbocycles. The third-order valence-electron chi connectivity index (χ3n) is 1.73. The predicted molar refractivity (Wildman–Crippen MR) is 64.4 cm³/mol. The van der Waals surface area contributed by atoms with E-state index in [1.807, 2.05) is 18.2 Å². The van der Waals surface area contributed by atoms with Crippen LogP contribution in [-0.4, -0.2) is 8.80 Å². The maximum absolute atomic E-state index is 3.21. The van der Waals surface area contributed by atoms with E-state index in [2.05, 4.69) is 53.9 Å². The summed E-state index contributed by atoms with van der Waals surface area (Å²) in [6, 6.07) is 0. The molecule has 0 unspecified atom stereocenters. The first-order chi connectivity index (χ1) is 7.52. The fraction of sp³-hybridized carbons (Fsp3) is 0.286. The summed E-state index contributed by atoms with van der Waals surface area (Å²) in [4.78, 5) is 0. The molecule has 0 saturated heterocycles. The summed E-state index contributed by atoms with van der Waals surface area (Å²) in [5, 5.41) is 0. The number of hydrogen-bond acceptors (Lipinski definition) is 0. The monoisotopic (exact) mass is 552 g/mol. The zero-order valence-electron chi connectivity index (χ0n) is 9.86. The summed E-state index contributed by atoms with van der Waals surface area (Å²) < 4.78 is 4.17. The van der Waals surface area contributed by atoms with Crippen molar-refractivity contribution in [2.75, 3.05) is 0 Å². The normalized spacial score (nSPS) is 14.1. The summed E-state index contributed by atoms with van der Waals surface area (Å²) >= 11 is 2.92. The zero-order chi connectivity index (χ0) is 12.4. The van der Waals surface area contributed by atoms with Crippen LogP contribution in [0.1, 0.15) is 20.8 Å². The van der Waals surface area contributed by atoms with Gasteiger partial charge in [-0.3, -0.25) is 0 Å². The SMILES string of the molecule is CC(C)(C)C(=[C-][C-]=C/C=C\[CH]=[W])/C=C\[CH]=[W]. The molecule has 0 aliphatic heterocycles. The summed E-state index contributed by atoms with van der Waals surface area (Å²) in [6.45, 7) is 6.55. The van der Waals surface area contributed by atoms with Gasteiger partial charge in [0.15, 0.2) is 0 Å². The van der Waals surface area contributed by atoms with Crippen molar-refractivity contribution in [1.82, 2.24) is 0 Å². The molecular weight excluding hydrogens is 536 g/mol. The Morgan fingerprint density at radius 1 is 1.00 bits per heavy atom. The van der Waals surface area contributed by atoms with Gasteiger partial charge in [0, 0.05) is 0 Å². The van der Waals surface area contributed by atoms with E-state index in [0.29, 0.717) is 0 Å². The van der Waals surface area contributed by atoms with Gasteiger partial charge in [-0.05, 0) is 0 Å². The van der Waals surface area contributed by atoms with Crippen LogP contribution in [0.5, 0.6) is 0 Å². The standard InChI is InChI=1S/C14H16.2W/c1-6-8-9-10-12-13(11-7-2)14(3,4)5;;/h1-2,6-9,11H,3-5H3;;/q-2;;/b8-6-,11-7-;;. The van der Waals surface area contributed by atoms with Gasteiger partial charge in [0.2, 0.25) is 0 Å². The Morgan fingerprint density at radius 3 is 2.12 bits per heavy atom. The van der Waals surface area contributed by atoms with E-state index in [-0.39, 0.29) is 5.41 Å². The molecule has 86 valence electrons. The molecule has 0 aliphatic carbocycles. The molecule has 0 fully saturated rings. The van der Waals surface area contributed by atoms with E-state index >= 15 is 0 Å².